The molecule has 1 fully saturated rings. The van der Waals surface area contributed by atoms with Crippen molar-refractivity contribution in [2.45, 2.75) is 25.8 Å². The van der Waals surface area contributed by atoms with Crippen molar-refractivity contribution in [3.63, 3.8) is 0 Å². The molecule has 2 aliphatic heterocycles. The summed E-state index contributed by atoms with van der Waals surface area (Å²) in [5, 5.41) is 10.6. The van der Waals surface area contributed by atoms with Crippen LogP contribution in [0.1, 0.15) is 30.6 Å². The first-order valence-corrected chi connectivity index (χ1v) is 9.84. The zero-order valence-electron chi connectivity index (χ0n) is 16.5. The number of benzene rings is 1. The van der Waals surface area contributed by atoms with Crippen molar-refractivity contribution >= 4 is 29.4 Å². The molecule has 7 heteroatoms. The van der Waals surface area contributed by atoms with Crippen LogP contribution in [0.3, 0.4) is 0 Å². The number of hydrogen-bond acceptors (Lipinski definition) is 5. The second kappa shape index (κ2) is 7.48. The van der Waals surface area contributed by atoms with Crippen LogP contribution >= 0.6 is 0 Å². The minimum atomic E-state index is -1.27. The van der Waals surface area contributed by atoms with Crippen molar-refractivity contribution in [3.05, 3.63) is 40.6 Å². The Bertz CT molecular complexity index is 1020. The fraction of sp³-hybridized carbons (Fsp3) is 0.409. The lowest BCUT2D eigenvalue weighted by atomic mass is 9.72. The van der Waals surface area contributed by atoms with Crippen LogP contribution in [-0.2, 0) is 20.8 Å². The standard InChI is InChI=1S/C22H24N2O5/c1-3-12-9-24-8-7-13-19-16(5-4-6-17(19)29-2)23-20(13)21(24)14(10-25)18(12)15(11-26)22(27)28/h4-6,10-12,14,21,23H,3,7-9H2,1-2H3,(H,27,28)/t12-,14-,21+/m1/s1. The summed E-state index contributed by atoms with van der Waals surface area (Å²) >= 11 is 0. The van der Waals surface area contributed by atoms with Gasteiger partial charge in [0, 0.05) is 29.7 Å². The second-order valence-electron chi connectivity index (χ2n) is 7.65. The number of hydrogen-bond donors (Lipinski definition) is 2. The van der Waals surface area contributed by atoms with Crippen LogP contribution < -0.4 is 4.74 Å². The number of carbonyl (C=O) groups is 3. The third-order valence-corrected chi connectivity index (χ3v) is 6.37. The van der Waals surface area contributed by atoms with Crippen molar-refractivity contribution < 1.29 is 24.2 Å². The Morgan fingerprint density at radius 1 is 1.38 bits per heavy atom. The minimum absolute atomic E-state index is 0.141. The topological polar surface area (TPSA) is 99.7 Å². The zero-order valence-corrected chi connectivity index (χ0v) is 16.5. The molecular weight excluding hydrogens is 372 g/mol. The first-order valence-electron chi connectivity index (χ1n) is 9.84. The summed E-state index contributed by atoms with van der Waals surface area (Å²) in [4.78, 5) is 41.3. The van der Waals surface area contributed by atoms with E-state index < -0.39 is 11.9 Å². The molecule has 1 aromatic carbocycles. The van der Waals surface area contributed by atoms with Crippen LogP contribution in [0.4, 0.5) is 0 Å². The molecular formula is C22H24N2O5. The van der Waals surface area contributed by atoms with E-state index in [2.05, 4.69) is 9.88 Å². The van der Waals surface area contributed by atoms with Gasteiger partial charge in [-0.1, -0.05) is 13.0 Å². The molecule has 7 nitrogen and oxygen atoms in total. The number of aliphatic carboxylic acids is 1. The number of ether oxygens (including phenoxy) is 1. The Balaban J connectivity index is 1.94. The number of fused-ring (bicyclic) bond motifs is 5. The molecule has 2 aliphatic rings. The number of nitrogens with one attached hydrogen (secondary N) is 1. The smallest absolute Gasteiger partial charge is 0.339 e. The number of H-pyrrole nitrogens is 1. The van der Waals surface area contributed by atoms with Crippen LogP contribution in [0, 0.1) is 11.8 Å². The lowest BCUT2D eigenvalue weighted by Crippen LogP contribution is -2.49. The molecule has 1 aromatic heterocycles. The first-order chi connectivity index (χ1) is 14.0. The van der Waals surface area contributed by atoms with Crippen LogP contribution in [0.25, 0.3) is 10.9 Å². The maximum absolute atomic E-state index is 12.3. The summed E-state index contributed by atoms with van der Waals surface area (Å²) in [7, 11) is 1.63. The van der Waals surface area contributed by atoms with E-state index in [9.17, 15) is 19.5 Å². The van der Waals surface area contributed by atoms with E-state index in [4.69, 9.17) is 4.74 Å². The van der Waals surface area contributed by atoms with E-state index in [1.165, 1.54) is 0 Å². The van der Waals surface area contributed by atoms with Crippen molar-refractivity contribution in [3.8, 4) is 5.75 Å². The Labute approximate surface area is 168 Å². The molecule has 0 bridgehead atoms. The zero-order chi connectivity index (χ0) is 20.7. The van der Waals surface area contributed by atoms with Gasteiger partial charge < -0.3 is 19.6 Å². The van der Waals surface area contributed by atoms with E-state index in [1.807, 2.05) is 25.1 Å². The number of rotatable bonds is 5. The number of aromatic nitrogens is 1. The van der Waals surface area contributed by atoms with Gasteiger partial charge in [-0.15, -0.1) is 0 Å². The van der Waals surface area contributed by atoms with Gasteiger partial charge in [0.1, 0.15) is 12.0 Å². The number of carbonyl (C=O) groups excluding carboxylic acids is 2. The average Bonchev–Trinajstić information content (AvgIpc) is 3.12. The summed E-state index contributed by atoms with van der Waals surface area (Å²) in [5.41, 5.74) is 3.11. The number of aldehydes is 2. The molecule has 152 valence electrons. The summed E-state index contributed by atoms with van der Waals surface area (Å²) in [6, 6.07) is 5.47. The van der Waals surface area contributed by atoms with E-state index in [0.717, 1.165) is 47.2 Å². The third-order valence-electron chi connectivity index (χ3n) is 6.37. The molecule has 3 heterocycles. The van der Waals surface area contributed by atoms with Gasteiger partial charge in [0.05, 0.1) is 24.6 Å². The molecule has 3 atom stereocenters. The Morgan fingerprint density at radius 3 is 2.79 bits per heavy atom. The van der Waals surface area contributed by atoms with Crippen LogP contribution in [0.2, 0.25) is 0 Å². The number of carboxylic acid groups (broad SMARTS) is 1. The minimum Gasteiger partial charge on any atom is -0.496 e. The van der Waals surface area contributed by atoms with Gasteiger partial charge in [0.15, 0.2) is 6.29 Å². The number of piperidine rings is 1. The Morgan fingerprint density at radius 2 is 2.17 bits per heavy atom. The highest BCUT2D eigenvalue weighted by Crippen LogP contribution is 2.48. The van der Waals surface area contributed by atoms with E-state index >= 15 is 0 Å². The third kappa shape index (κ3) is 2.88. The van der Waals surface area contributed by atoms with Gasteiger partial charge in [0.25, 0.3) is 0 Å². The van der Waals surface area contributed by atoms with Crippen molar-refractivity contribution in [2.75, 3.05) is 20.2 Å². The summed E-state index contributed by atoms with van der Waals surface area (Å²) in [6.45, 7) is 3.35. The highest BCUT2D eigenvalue weighted by Gasteiger charge is 2.45. The average molecular weight is 396 g/mol. The molecule has 0 unspecified atom stereocenters. The Hall–Kier alpha value is -2.93. The predicted molar refractivity (Wildman–Crippen MR) is 107 cm³/mol. The molecule has 2 N–H and O–H groups in total. The molecule has 0 aliphatic carbocycles. The van der Waals surface area contributed by atoms with E-state index in [1.54, 1.807) is 7.11 Å². The SMILES string of the molecule is CC[C@@H]1CN2CCc3c([nH]c4cccc(OC)c34)[C@@H]2[C@H](C=O)C1=C(C=O)C(=O)O. The normalized spacial score (nSPS) is 25.8. The molecule has 0 radical (unpaired) electrons. The van der Waals surface area contributed by atoms with Gasteiger partial charge in [0.2, 0.25) is 0 Å². The van der Waals surface area contributed by atoms with Crippen LogP contribution in [0.15, 0.2) is 29.3 Å². The summed E-state index contributed by atoms with van der Waals surface area (Å²) in [5.74, 6) is -1.34. The largest absolute Gasteiger partial charge is 0.496 e. The quantitative estimate of drug-likeness (QED) is 0.349. The molecule has 2 aromatic rings. The van der Waals surface area contributed by atoms with Gasteiger partial charge in [-0.05, 0) is 42.0 Å². The fourth-order valence-corrected chi connectivity index (χ4v) is 5.13. The first kappa shape index (κ1) is 19.4. The fourth-order valence-electron chi connectivity index (χ4n) is 5.13. The van der Waals surface area contributed by atoms with Gasteiger partial charge in [-0.2, -0.15) is 0 Å². The summed E-state index contributed by atoms with van der Waals surface area (Å²) < 4.78 is 5.55. The monoisotopic (exact) mass is 396 g/mol. The molecule has 4 rings (SSSR count). The lowest BCUT2D eigenvalue weighted by molar-refractivity contribution is -0.133. The number of nitrogens with zero attached hydrogens (tertiary/aromatic N) is 1. The highest BCUT2D eigenvalue weighted by molar-refractivity contribution is 6.08. The molecule has 1 saturated heterocycles. The molecule has 0 saturated carbocycles. The number of methoxy groups -OCH3 is 1. The summed E-state index contributed by atoms with van der Waals surface area (Å²) in [6.07, 6.45) is 2.66. The number of aromatic amines is 1. The molecule has 0 amide bonds. The van der Waals surface area contributed by atoms with Crippen molar-refractivity contribution in [2.24, 2.45) is 11.8 Å². The van der Waals surface area contributed by atoms with Crippen LogP contribution in [0.5, 0.6) is 5.75 Å². The van der Waals surface area contributed by atoms with Gasteiger partial charge >= 0.3 is 5.97 Å². The highest BCUT2D eigenvalue weighted by atomic mass is 16.5. The van der Waals surface area contributed by atoms with Gasteiger partial charge in [-0.25, -0.2) is 4.79 Å². The van der Waals surface area contributed by atoms with E-state index in [-0.39, 0.29) is 17.5 Å². The van der Waals surface area contributed by atoms with Gasteiger partial charge in [-0.3, -0.25) is 9.69 Å². The van der Waals surface area contributed by atoms with E-state index in [0.29, 0.717) is 24.8 Å². The Kier molecular flexibility index (Phi) is 5.00. The van der Waals surface area contributed by atoms with Crippen molar-refractivity contribution in [1.82, 2.24) is 9.88 Å². The van der Waals surface area contributed by atoms with Crippen molar-refractivity contribution in [1.29, 1.82) is 0 Å². The number of carboxylic acids is 1. The second-order valence-corrected chi connectivity index (χ2v) is 7.65. The predicted octanol–water partition coefficient (Wildman–Crippen LogP) is 2.51. The maximum Gasteiger partial charge on any atom is 0.339 e. The molecule has 29 heavy (non-hydrogen) atoms. The molecule has 0 spiro atoms. The lowest BCUT2D eigenvalue weighted by Gasteiger charge is -2.47. The van der Waals surface area contributed by atoms with Crippen LogP contribution in [-0.4, -0.2) is 53.7 Å². The maximum atomic E-state index is 12.3.